The monoisotopic (exact) mass is 367 g/mol. The molecule has 0 radical (unpaired) electrons. The number of fused-ring (bicyclic) bond motifs is 1. The zero-order valence-corrected chi connectivity index (χ0v) is 14.7. The van der Waals surface area contributed by atoms with Gasteiger partial charge in [-0.2, -0.15) is 0 Å². The van der Waals surface area contributed by atoms with Gasteiger partial charge in [0.2, 0.25) is 12.7 Å². The number of carbonyl (C=O) groups excluding carboxylic acids is 1. The molecule has 24 heavy (non-hydrogen) atoms. The van der Waals surface area contributed by atoms with Crippen molar-refractivity contribution >= 4 is 27.1 Å². The second-order valence-corrected chi connectivity index (χ2v) is 8.54. The van der Waals surface area contributed by atoms with Crippen molar-refractivity contribution in [1.82, 2.24) is 5.32 Å². The Morgan fingerprint density at radius 2 is 2.08 bits per heavy atom. The van der Waals surface area contributed by atoms with E-state index in [4.69, 9.17) is 9.47 Å². The fourth-order valence-electron chi connectivity index (χ4n) is 2.42. The van der Waals surface area contributed by atoms with Crippen LogP contribution in [0.4, 0.5) is 0 Å². The molecule has 2 heterocycles. The third-order valence-electron chi connectivity index (χ3n) is 3.72. The number of rotatable bonds is 6. The number of thiophene rings is 1. The van der Waals surface area contributed by atoms with Crippen LogP contribution in [0.1, 0.15) is 24.2 Å². The van der Waals surface area contributed by atoms with Gasteiger partial charge >= 0.3 is 0 Å². The van der Waals surface area contributed by atoms with E-state index in [-0.39, 0.29) is 23.5 Å². The number of carbonyl (C=O) groups is 1. The van der Waals surface area contributed by atoms with Crippen LogP contribution in [0.25, 0.3) is 0 Å². The van der Waals surface area contributed by atoms with Crippen molar-refractivity contribution in [3.63, 3.8) is 0 Å². The molecular formula is C16H17NO5S2. The number of amides is 1. The van der Waals surface area contributed by atoms with Gasteiger partial charge in [0.15, 0.2) is 21.3 Å². The Kier molecular flexibility index (Phi) is 4.77. The zero-order valence-electron chi connectivity index (χ0n) is 13.0. The lowest BCUT2D eigenvalue weighted by atomic mass is 10.1. The van der Waals surface area contributed by atoms with Gasteiger partial charge in [-0.3, -0.25) is 4.79 Å². The number of ether oxygens (including phenoxy) is 2. The molecule has 6 nitrogen and oxygen atoms in total. The number of benzene rings is 1. The molecular weight excluding hydrogens is 350 g/mol. The van der Waals surface area contributed by atoms with E-state index in [0.717, 1.165) is 11.3 Å². The quantitative estimate of drug-likeness (QED) is 0.848. The van der Waals surface area contributed by atoms with Crippen LogP contribution in [-0.4, -0.2) is 27.7 Å². The standard InChI is InChI=1S/C16H17NO5S2/c1-2-15(18)17-9-14(24(19,20)16-4-3-7-23-16)11-5-6-12-13(8-11)22-10-21-12/h3-8,14H,2,9-10H2,1H3,(H,17,18)/t14-/m0/s1. The second kappa shape index (κ2) is 6.82. The molecule has 2 aromatic rings. The van der Waals surface area contributed by atoms with Crippen LogP contribution in [0, 0.1) is 0 Å². The van der Waals surface area contributed by atoms with Crippen molar-refractivity contribution in [3.05, 3.63) is 41.3 Å². The number of hydrogen-bond acceptors (Lipinski definition) is 6. The van der Waals surface area contributed by atoms with Crippen LogP contribution in [0.15, 0.2) is 39.9 Å². The zero-order chi connectivity index (χ0) is 17.2. The van der Waals surface area contributed by atoms with E-state index < -0.39 is 15.1 Å². The SMILES string of the molecule is CCC(=O)NC[C@@H](c1ccc2c(c1)OCO2)S(=O)(=O)c1cccs1. The highest BCUT2D eigenvalue weighted by Gasteiger charge is 2.31. The number of hydrogen-bond donors (Lipinski definition) is 1. The van der Waals surface area contributed by atoms with Crippen LogP contribution in [0.2, 0.25) is 0 Å². The van der Waals surface area contributed by atoms with Gasteiger partial charge in [0.1, 0.15) is 9.46 Å². The van der Waals surface area contributed by atoms with Gasteiger partial charge in [-0.25, -0.2) is 8.42 Å². The molecule has 1 aromatic carbocycles. The van der Waals surface area contributed by atoms with E-state index in [9.17, 15) is 13.2 Å². The largest absolute Gasteiger partial charge is 0.454 e. The molecule has 1 aliphatic rings. The molecule has 0 unspecified atom stereocenters. The van der Waals surface area contributed by atoms with Crippen molar-refractivity contribution in [3.8, 4) is 11.5 Å². The first kappa shape index (κ1) is 16.8. The van der Waals surface area contributed by atoms with E-state index in [1.54, 1.807) is 42.6 Å². The van der Waals surface area contributed by atoms with E-state index in [0.29, 0.717) is 23.5 Å². The fourth-order valence-corrected chi connectivity index (χ4v) is 5.27. The van der Waals surface area contributed by atoms with Gasteiger partial charge < -0.3 is 14.8 Å². The van der Waals surface area contributed by atoms with Crippen LogP contribution < -0.4 is 14.8 Å². The summed E-state index contributed by atoms with van der Waals surface area (Å²) in [5.74, 6) is 0.909. The Labute approximate surface area is 144 Å². The predicted molar refractivity (Wildman–Crippen MR) is 90.1 cm³/mol. The first-order valence-corrected chi connectivity index (χ1v) is 9.88. The van der Waals surface area contributed by atoms with Crippen molar-refractivity contribution in [1.29, 1.82) is 0 Å². The molecule has 0 saturated carbocycles. The molecule has 0 bridgehead atoms. The van der Waals surface area contributed by atoms with Crippen LogP contribution in [0.5, 0.6) is 11.5 Å². The molecule has 1 aliphatic heterocycles. The van der Waals surface area contributed by atoms with Gasteiger partial charge in [-0.05, 0) is 29.1 Å². The summed E-state index contributed by atoms with van der Waals surface area (Å²) in [6, 6.07) is 8.31. The summed E-state index contributed by atoms with van der Waals surface area (Å²) in [5, 5.41) is 3.51. The van der Waals surface area contributed by atoms with E-state index in [1.807, 2.05) is 0 Å². The maximum Gasteiger partial charge on any atom is 0.231 e. The molecule has 128 valence electrons. The normalized spacial score (nSPS) is 14.4. The Morgan fingerprint density at radius 1 is 1.29 bits per heavy atom. The van der Waals surface area contributed by atoms with Crippen molar-refractivity contribution in [2.45, 2.75) is 22.8 Å². The number of nitrogens with one attached hydrogen (secondary N) is 1. The summed E-state index contributed by atoms with van der Waals surface area (Å²) in [5.41, 5.74) is 0.559. The lowest BCUT2D eigenvalue weighted by molar-refractivity contribution is -0.120. The minimum atomic E-state index is -3.62. The van der Waals surface area contributed by atoms with Gasteiger partial charge in [0, 0.05) is 13.0 Å². The maximum atomic E-state index is 13.0. The first-order valence-electron chi connectivity index (χ1n) is 7.46. The highest BCUT2D eigenvalue weighted by molar-refractivity contribution is 7.93. The van der Waals surface area contributed by atoms with Crippen LogP contribution >= 0.6 is 11.3 Å². The third-order valence-corrected chi connectivity index (χ3v) is 7.26. The molecule has 0 aliphatic carbocycles. The lowest BCUT2D eigenvalue weighted by Crippen LogP contribution is -2.31. The fraction of sp³-hybridized carbons (Fsp3) is 0.312. The summed E-state index contributed by atoms with van der Waals surface area (Å²) in [4.78, 5) is 11.6. The third kappa shape index (κ3) is 3.25. The van der Waals surface area contributed by atoms with Crippen LogP contribution in [0.3, 0.4) is 0 Å². The Hall–Kier alpha value is -2.06. The summed E-state index contributed by atoms with van der Waals surface area (Å²) < 4.78 is 36.8. The van der Waals surface area contributed by atoms with E-state index in [1.165, 1.54) is 0 Å². The molecule has 0 fully saturated rings. The van der Waals surface area contributed by atoms with Crippen molar-refractivity contribution < 1.29 is 22.7 Å². The minimum Gasteiger partial charge on any atom is -0.454 e. The van der Waals surface area contributed by atoms with Gasteiger partial charge in [-0.15, -0.1) is 11.3 Å². The second-order valence-electron chi connectivity index (χ2n) is 5.24. The van der Waals surface area contributed by atoms with Gasteiger partial charge in [-0.1, -0.05) is 19.1 Å². The number of sulfone groups is 1. The summed E-state index contributed by atoms with van der Waals surface area (Å²) in [6.07, 6.45) is 0.299. The first-order chi connectivity index (χ1) is 11.5. The van der Waals surface area contributed by atoms with E-state index >= 15 is 0 Å². The predicted octanol–water partition coefficient (Wildman–Crippen LogP) is 2.52. The summed E-state index contributed by atoms with van der Waals surface area (Å²) in [6.45, 7) is 1.85. The van der Waals surface area contributed by atoms with Crippen LogP contribution in [-0.2, 0) is 14.6 Å². The Balaban J connectivity index is 1.97. The minimum absolute atomic E-state index is 0.00650. The molecule has 1 N–H and O–H groups in total. The topological polar surface area (TPSA) is 81.7 Å². The Morgan fingerprint density at radius 3 is 2.79 bits per heavy atom. The van der Waals surface area contributed by atoms with Gasteiger partial charge in [0.05, 0.1) is 0 Å². The lowest BCUT2D eigenvalue weighted by Gasteiger charge is -2.18. The molecule has 1 aromatic heterocycles. The highest BCUT2D eigenvalue weighted by atomic mass is 32.2. The smallest absolute Gasteiger partial charge is 0.231 e. The Bertz CT molecular complexity index is 830. The molecule has 1 amide bonds. The van der Waals surface area contributed by atoms with Gasteiger partial charge in [0.25, 0.3) is 0 Å². The molecule has 8 heteroatoms. The van der Waals surface area contributed by atoms with Crippen molar-refractivity contribution in [2.75, 3.05) is 13.3 Å². The molecule has 0 spiro atoms. The maximum absolute atomic E-state index is 13.0. The van der Waals surface area contributed by atoms with Crippen molar-refractivity contribution in [2.24, 2.45) is 0 Å². The summed E-state index contributed by atoms with van der Waals surface area (Å²) >= 11 is 1.16. The molecule has 0 saturated heterocycles. The average Bonchev–Trinajstić information content (AvgIpc) is 3.25. The average molecular weight is 367 g/mol. The molecule has 3 rings (SSSR count). The summed E-state index contributed by atoms with van der Waals surface area (Å²) in [7, 11) is -3.62. The molecule has 1 atom stereocenters. The highest BCUT2D eigenvalue weighted by Crippen LogP contribution is 2.38. The van der Waals surface area contributed by atoms with E-state index in [2.05, 4.69) is 5.32 Å².